The van der Waals surface area contributed by atoms with Gasteiger partial charge in [0.1, 0.15) is 6.17 Å². The molecule has 0 spiro atoms. The van der Waals surface area contributed by atoms with E-state index in [1.165, 1.54) is 0 Å². The highest BCUT2D eigenvalue weighted by Gasteiger charge is 2.40. The monoisotopic (exact) mass is 209 g/mol. The summed E-state index contributed by atoms with van der Waals surface area (Å²) in [6.07, 6.45) is 0.188. The number of ether oxygens (including phenoxy) is 1. The van der Waals surface area contributed by atoms with Gasteiger partial charge in [0, 0.05) is 0 Å². The van der Waals surface area contributed by atoms with Crippen molar-refractivity contribution in [2.24, 2.45) is 0 Å². The molecule has 2 fully saturated rings. The topological polar surface area (TPSA) is 55.4 Å². The Morgan fingerprint density at radius 3 is 2.46 bits per heavy atom. The van der Waals surface area contributed by atoms with E-state index in [1.54, 1.807) is 0 Å². The number of sulfonamides is 1. The van der Waals surface area contributed by atoms with Crippen molar-refractivity contribution in [3.8, 4) is 0 Å². The van der Waals surface area contributed by atoms with Crippen LogP contribution in [0.5, 0.6) is 0 Å². The molecule has 2 unspecified atom stereocenters. The molecule has 2 rings (SSSR count). The summed E-state index contributed by atoms with van der Waals surface area (Å²) in [5, 5.41) is -0.291. The summed E-state index contributed by atoms with van der Waals surface area (Å²) in [6.45, 7) is 0.144. The van der Waals surface area contributed by atoms with Crippen LogP contribution in [0.1, 0.15) is 12.8 Å². The first-order chi connectivity index (χ1) is 6.09. The second-order valence-corrected chi connectivity index (χ2v) is 5.51. The van der Waals surface area contributed by atoms with Gasteiger partial charge in [-0.2, -0.15) is 0 Å². The van der Waals surface area contributed by atoms with Gasteiger partial charge in [-0.05, 0) is 12.8 Å². The van der Waals surface area contributed by atoms with Crippen molar-refractivity contribution in [2.45, 2.75) is 30.3 Å². The molecule has 0 radical (unpaired) electrons. The Kier molecular flexibility index (Phi) is 2.29. The Bertz CT molecular complexity index is 288. The first kappa shape index (κ1) is 9.36. The summed E-state index contributed by atoms with van der Waals surface area (Å²) in [7, 11) is -3.27. The Balaban J connectivity index is 1.96. The zero-order valence-electron chi connectivity index (χ0n) is 7.07. The molecule has 0 aromatic heterocycles. The zero-order valence-corrected chi connectivity index (χ0v) is 7.89. The van der Waals surface area contributed by atoms with Crippen molar-refractivity contribution in [2.75, 3.05) is 13.2 Å². The third kappa shape index (κ3) is 2.00. The maximum Gasteiger partial charge on any atom is 0.214 e. The van der Waals surface area contributed by atoms with E-state index in [0.29, 0.717) is 12.8 Å². The number of nitrogens with one attached hydrogen (secondary N) is 1. The van der Waals surface area contributed by atoms with Crippen molar-refractivity contribution in [1.82, 2.24) is 4.72 Å². The SMILES string of the molecule is O=S(=O)(NC1COCC1F)C1CC1. The third-order valence-corrected chi connectivity index (χ3v) is 4.27. The van der Waals surface area contributed by atoms with Crippen LogP contribution in [0.4, 0.5) is 4.39 Å². The second kappa shape index (κ2) is 3.18. The summed E-state index contributed by atoms with van der Waals surface area (Å²) in [4.78, 5) is 0. The summed E-state index contributed by atoms with van der Waals surface area (Å²) in [5.41, 5.74) is 0. The van der Waals surface area contributed by atoms with Crippen LogP contribution in [0, 0.1) is 0 Å². The molecule has 1 N–H and O–H groups in total. The lowest BCUT2D eigenvalue weighted by Crippen LogP contribution is -2.42. The molecule has 1 aliphatic carbocycles. The van der Waals surface area contributed by atoms with Crippen LogP contribution < -0.4 is 4.72 Å². The largest absolute Gasteiger partial charge is 0.377 e. The van der Waals surface area contributed by atoms with E-state index in [2.05, 4.69) is 4.72 Å². The number of rotatable bonds is 3. The minimum Gasteiger partial charge on any atom is -0.377 e. The lowest BCUT2D eigenvalue weighted by atomic mass is 10.2. The highest BCUT2D eigenvalue weighted by molar-refractivity contribution is 7.90. The van der Waals surface area contributed by atoms with Gasteiger partial charge in [-0.25, -0.2) is 17.5 Å². The van der Waals surface area contributed by atoms with Gasteiger partial charge in [-0.3, -0.25) is 0 Å². The number of hydrogen-bond acceptors (Lipinski definition) is 3. The predicted octanol–water partition coefficient (Wildman–Crippen LogP) is -0.195. The molecule has 1 aliphatic heterocycles. The minimum atomic E-state index is -3.27. The maximum atomic E-state index is 13.0. The fourth-order valence-corrected chi connectivity index (χ4v) is 2.91. The number of alkyl halides is 1. The number of hydrogen-bond donors (Lipinski definition) is 1. The van der Waals surface area contributed by atoms with Crippen LogP contribution in [0.2, 0.25) is 0 Å². The third-order valence-electron chi connectivity index (χ3n) is 2.29. The fourth-order valence-electron chi connectivity index (χ4n) is 1.32. The van der Waals surface area contributed by atoms with E-state index in [-0.39, 0.29) is 18.5 Å². The average Bonchev–Trinajstić information content (AvgIpc) is 2.80. The molecule has 6 heteroatoms. The Morgan fingerprint density at radius 2 is 2.00 bits per heavy atom. The van der Waals surface area contributed by atoms with Gasteiger partial charge >= 0.3 is 0 Å². The van der Waals surface area contributed by atoms with E-state index in [4.69, 9.17) is 4.74 Å². The molecule has 1 saturated carbocycles. The van der Waals surface area contributed by atoms with Crippen molar-refractivity contribution in [1.29, 1.82) is 0 Å². The molecular formula is C7H12FNO3S. The van der Waals surface area contributed by atoms with E-state index in [9.17, 15) is 12.8 Å². The van der Waals surface area contributed by atoms with E-state index >= 15 is 0 Å². The van der Waals surface area contributed by atoms with Crippen molar-refractivity contribution in [3.63, 3.8) is 0 Å². The van der Waals surface area contributed by atoms with Gasteiger partial charge < -0.3 is 4.74 Å². The van der Waals surface area contributed by atoms with E-state index < -0.39 is 22.2 Å². The molecule has 2 atom stereocenters. The van der Waals surface area contributed by atoms with Crippen LogP contribution in [0.25, 0.3) is 0 Å². The van der Waals surface area contributed by atoms with Crippen LogP contribution in [0.15, 0.2) is 0 Å². The van der Waals surface area contributed by atoms with Gasteiger partial charge in [0.25, 0.3) is 0 Å². The summed E-state index contributed by atoms with van der Waals surface area (Å²) in [6, 6.07) is -0.675. The summed E-state index contributed by atoms with van der Waals surface area (Å²) >= 11 is 0. The van der Waals surface area contributed by atoms with Crippen LogP contribution >= 0.6 is 0 Å². The Hall–Kier alpha value is -0.200. The molecule has 0 aromatic rings. The number of halogens is 1. The van der Waals surface area contributed by atoms with E-state index in [0.717, 1.165) is 0 Å². The smallest absolute Gasteiger partial charge is 0.214 e. The second-order valence-electron chi connectivity index (χ2n) is 3.52. The van der Waals surface area contributed by atoms with Gasteiger partial charge in [0.15, 0.2) is 0 Å². The van der Waals surface area contributed by atoms with E-state index in [1.807, 2.05) is 0 Å². The Morgan fingerprint density at radius 1 is 1.31 bits per heavy atom. The minimum absolute atomic E-state index is 0.00213. The Labute approximate surface area is 76.5 Å². The molecule has 0 amide bonds. The lowest BCUT2D eigenvalue weighted by Gasteiger charge is -2.12. The first-order valence-electron chi connectivity index (χ1n) is 4.32. The summed E-state index contributed by atoms with van der Waals surface area (Å²) in [5.74, 6) is 0. The average molecular weight is 209 g/mol. The van der Waals surface area contributed by atoms with Gasteiger partial charge in [-0.15, -0.1) is 0 Å². The molecular weight excluding hydrogens is 197 g/mol. The van der Waals surface area contributed by atoms with Gasteiger partial charge in [0.2, 0.25) is 10.0 Å². The zero-order chi connectivity index (χ0) is 9.47. The van der Waals surface area contributed by atoms with Gasteiger partial charge in [0.05, 0.1) is 24.5 Å². The van der Waals surface area contributed by atoms with Crippen LogP contribution in [-0.4, -0.2) is 39.1 Å². The van der Waals surface area contributed by atoms with Crippen LogP contribution in [0.3, 0.4) is 0 Å². The molecule has 0 aromatic carbocycles. The quantitative estimate of drug-likeness (QED) is 0.700. The van der Waals surface area contributed by atoms with Crippen molar-refractivity contribution >= 4 is 10.0 Å². The van der Waals surface area contributed by atoms with Crippen molar-refractivity contribution < 1.29 is 17.5 Å². The summed E-state index contributed by atoms with van der Waals surface area (Å²) < 4.78 is 42.8. The molecule has 13 heavy (non-hydrogen) atoms. The molecule has 76 valence electrons. The molecule has 0 bridgehead atoms. The first-order valence-corrected chi connectivity index (χ1v) is 5.87. The van der Waals surface area contributed by atoms with Crippen molar-refractivity contribution in [3.05, 3.63) is 0 Å². The maximum absolute atomic E-state index is 13.0. The highest BCUT2D eigenvalue weighted by atomic mass is 32.2. The predicted molar refractivity (Wildman–Crippen MR) is 44.6 cm³/mol. The normalized spacial score (nSPS) is 35.2. The fraction of sp³-hybridized carbons (Fsp3) is 1.00. The standard InChI is InChI=1S/C7H12FNO3S/c8-6-3-12-4-7(6)9-13(10,11)5-1-2-5/h5-7,9H,1-4H2. The molecule has 1 saturated heterocycles. The van der Waals surface area contributed by atoms with Crippen LogP contribution in [-0.2, 0) is 14.8 Å². The molecule has 4 nitrogen and oxygen atoms in total. The van der Waals surface area contributed by atoms with Gasteiger partial charge in [-0.1, -0.05) is 0 Å². The lowest BCUT2D eigenvalue weighted by molar-refractivity contribution is 0.173. The highest BCUT2D eigenvalue weighted by Crippen LogP contribution is 2.28. The molecule has 1 heterocycles. The molecule has 2 aliphatic rings.